The van der Waals surface area contributed by atoms with Crippen LogP contribution >= 0.6 is 23.2 Å². The molecule has 51 heavy (non-hydrogen) atoms. The fourth-order valence-corrected chi connectivity index (χ4v) is 6.79. The zero-order valence-electron chi connectivity index (χ0n) is 27.1. The number of alkyl halides is 5. The molecule has 2 aromatic carbocycles. The molecule has 0 fully saturated rings. The van der Waals surface area contributed by atoms with Crippen molar-refractivity contribution in [3.05, 3.63) is 92.5 Å². The number of carbonyl (C=O) groups excluding carboxylic acids is 1. The summed E-state index contributed by atoms with van der Waals surface area (Å²) in [7, 11) is 0.0200. The minimum absolute atomic E-state index is 0.0266. The lowest BCUT2D eigenvalue weighted by atomic mass is 9.94. The molecule has 5 aromatic rings. The number of hydrogen-bond donors (Lipinski definition) is 2. The third-order valence-electron chi connectivity index (χ3n) is 7.83. The minimum Gasteiger partial charge on any atom is -0.327 e. The van der Waals surface area contributed by atoms with E-state index in [1.165, 1.54) is 29.1 Å². The molecule has 0 aliphatic heterocycles. The van der Waals surface area contributed by atoms with Crippen LogP contribution in [0, 0.1) is 11.6 Å². The maximum atomic E-state index is 14.9. The van der Waals surface area contributed by atoms with E-state index in [4.69, 9.17) is 23.2 Å². The number of nitrogens with zero attached hydrogens (tertiary/aromatic N) is 5. The van der Waals surface area contributed by atoms with Crippen LogP contribution in [0.25, 0.3) is 22.0 Å². The lowest BCUT2D eigenvalue weighted by Crippen LogP contribution is -2.37. The van der Waals surface area contributed by atoms with E-state index in [2.05, 4.69) is 25.2 Å². The van der Waals surface area contributed by atoms with E-state index in [-0.39, 0.29) is 37.5 Å². The summed E-state index contributed by atoms with van der Waals surface area (Å²) in [4.78, 5) is 18.1. The van der Waals surface area contributed by atoms with Crippen molar-refractivity contribution in [1.82, 2.24) is 29.9 Å². The monoisotopic (exact) mass is 777 g/mol. The van der Waals surface area contributed by atoms with Gasteiger partial charge in [-0.25, -0.2) is 22.8 Å². The van der Waals surface area contributed by atoms with Gasteiger partial charge in [-0.3, -0.25) is 9.40 Å². The van der Waals surface area contributed by atoms with Crippen molar-refractivity contribution in [2.45, 2.75) is 51.3 Å². The molecule has 1 amide bonds. The molecular formula is C32H28Cl2F7N7O2S. The first-order chi connectivity index (χ1) is 23.9. The zero-order valence-corrected chi connectivity index (χ0v) is 29.4. The molecule has 1 aliphatic carbocycles. The van der Waals surface area contributed by atoms with Gasteiger partial charge >= 0.3 is 12.2 Å². The Morgan fingerprint density at radius 1 is 1.04 bits per heavy atom. The molecule has 272 valence electrons. The summed E-state index contributed by atoms with van der Waals surface area (Å²) in [5.74, 6) is -5.59. The summed E-state index contributed by atoms with van der Waals surface area (Å²) in [6.07, 6.45) is -5.84. The van der Waals surface area contributed by atoms with Gasteiger partial charge in [0.2, 0.25) is 0 Å². The van der Waals surface area contributed by atoms with Crippen LogP contribution in [-0.4, -0.2) is 41.0 Å². The molecular weight excluding hydrogens is 750 g/mol. The summed E-state index contributed by atoms with van der Waals surface area (Å²) < 4.78 is 116. The van der Waals surface area contributed by atoms with Crippen LogP contribution < -0.4 is 10.0 Å². The van der Waals surface area contributed by atoms with E-state index in [0.29, 0.717) is 22.5 Å². The molecule has 0 saturated heterocycles. The SMILES string of the molecule is CC.Cn1nc(NS(C)=O)c2c(Cl)ccc(-c3ccc(Cl)nc3C(Cc3cc(F)cc(F)c3)NC(=O)n3nc(C(F)(F)F)c4c3C(F)(F)CC4)c21. The highest BCUT2D eigenvalue weighted by Gasteiger charge is 2.51. The van der Waals surface area contributed by atoms with E-state index in [1.807, 2.05) is 13.8 Å². The maximum absolute atomic E-state index is 14.9. The van der Waals surface area contributed by atoms with Gasteiger partial charge in [-0.15, -0.1) is 0 Å². The number of carbonyl (C=O) groups is 1. The van der Waals surface area contributed by atoms with Gasteiger partial charge in [0.15, 0.2) is 11.5 Å². The van der Waals surface area contributed by atoms with Gasteiger partial charge in [0, 0.05) is 42.5 Å². The van der Waals surface area contributed by atoms with Crippen LogP contribution in [0.1, 0.15) is 54.5 Å². The first kappa shape index (κ1) is 38.0. The lowest BCUT2D eigenvalue weighted by molar-refractivity contribution is -0.142. The summed E-state index contributed by atoms with van der Waals surface area (Å²) in [5.41, 5.74) is -2.74. The third kappa shape index (κ3) is 7.55. The summed E-state index contributed by atoms with van der Waals surface area (Å²) in [6, 6.07) is 5.56. The first-order valence-electron chi connectivity index (χ1n) is 15.2. The van der Waals surface area contributed by atoms with Crippen LogP contribution in [0.5, 0.6) is 0 Å². The van der Waals surface area contributed by atoms with Crippen molar-refractivity contribution in [2.75, 3.05) is 11.0 Å². The van der Waals surface area contributed by atoms with Crippen LogP contribution in [0.4, 0.5) is 41.3 Å². The van der Waals surface area contributed by atoms with Crippen molar-refractivity contribution in [1.29, 1.82) is 0 Å². The van der Waals surface area contributed by atoms with Gasteiger partial charge in [0.1, 0.15) is 33.5 Å². The Kier molecular flexibility index (Phi) is 10.8. The molecule has 3 aromatic heterocycles. The van der Waals surface area contributed by atoms with Crippen molar-refractivity contribution in [3.63, 3.8) is 0 Å². The smallest absolute Gasteiger partial charge is 0.327 e. The second-order valence-electron chi connectivity index (χ2n) is 11.2. The molecule has 19 heteroatoms. The maximum Gasteiger partial charge on any atom is 0.435 e. The molecule has 3 heterocycles. The highest BCUT2D eigenvalue weighted by molar-refractivity contribution is 7.85. The lowest BCUT2D eigenvalue weighted by Gasteiger charge is -2.23. The largest absolute Gasteiger partial charge is 0.435 e. The van der Waals surface area contributed by atoms with E-state index in [1.54, 1.807) is 13.1 Å². The highest BCUT2D eigenvalue weighted by atomic mass is 35.5. The number of benzene rings is 2. The first-order valence-corrected chi connectivity index (χ1v) is 17.5. The predicted molar refractivity (Wildman–Crippen MR) is 179 cm³/mol. The highest BCUT2D eigenvalue weighted by Crippen LogP contribution is 2.46. The summed E-state index contributed by atoms with van der Waals surface area (Å²) in [5, 5.41) is 10.5. The van der Waals surface area contributed by atoms with Crippen molar-refractivity contribution < 1.29 is 39.7 Å². The van der Waals surface area contributed by atoms with Crippen molar-refractivity contribution in [3.8, 4) is 11.1 Å². The Hall–Kier alpha value is -4.22. The normalized spacial score (nSPS) is 14.8. The molecule has 9 nitrogen and oxygen atoms in total. The Morgan fingerprint density at radius 2 is 1.69 bits per heavy atom. The second kappa shape index (κ2) is 14.4. The van der Waals surface area contributed by atoms with E-state index < -0.39 is 83.0 Å². The summed E-state index contributed by atoms with van der Waals surface area (Å²) >= 11 is 12.8. The topological polar surface area (TPSA) is 107 Å². The Bertz CT molecular complexity index is 2150. The molecule has 1 aliphatic rings. The number of pyridine rings is 1. The molecule has 2 N–H and O–H groups in total. The van der Waals surface area contributed by atoms with E-state index in [0.717, 1.165) is 12.1 Å². The van der Waals surface area contributed by atoms with E-state index in [9.17, 15) is 39.7 Å². The standard InChI is InChI=1S/C30H22Cl2F7N7O2S.C2H6/c1-45-24-17(3-5-19(31)22(24)27(43-45)44-49(2)48)16-4-6-21(32)41-23(16)20(11-13-9-14(33)12-15(34)10-13)40-28(47)46-26-18(7-8-29(26,35)36)25(42-46)30(37,38)39;1-2/h3-6,9-10,12,20H,7-8,11H2,1-2H3,(H,40,47)(H,43,44);1-2H3. The number of anilines is 1. The van der Waals surface area contributed by atoms with Crippen LogP contribution in [0.3, 0.4) is 0 Å². The van der Waals surface area contributed by atoms with Gasteiger partial charge in [0.05, 0.1) is 27.7 Å². The van der Waals surface area contributed by atoms with Crippen molar-refractivity contribution >= 4 is 56.9 Å². The quantitative estimate of drug-likeness (QED) is 0.127. The number of hydrogen-bond acceptors (Lipinski definition) is 5. The number of nitrogens with one attached hydrogen (secondary N) is 2. The number of halogens is 9. The zero-order chi connectivity index (χ0) is 37.6. The average molecular weight is 779 g/mol. The third-order valence-corrected chi connectivity index (χ3v) is 8.83. The molecule has 0 saturated carbocycles. The number of fused-ring (bicyclic) bond motifs is 2. The molecule has 6 rings (SSSR count). The average Bonchev–Trinajstić information content (AvgIpc) is 3.69. The van der Waals surface area contributed by atoms with Gasteiger partial charge in [-0.05, 0) is 48.7 Å². The van der Waals surface area contributed by atoms with Crippen molar-refractivity contribution in [2.24, 2.45) is 7.05 Å². The molecule has 0 radical (unpaired) electrons. The Labute approximate surface area is 298 Å². The Morgan fingerprint density at radius 3 is 2.31 bits per heavy atom. The van der Waals surface area contributed by atoms with Gasteiger partial charge < -0.3 is 5.32 Å². The fraction of sp³-hybridized carbons (Fsp3) is 0.312. The van der Waals surface area contributed by atoms with Gasteiger partial charge in [-0.1, -0.05) is 43.1 Å². The fourth-order valence-electron chi connectivity index (χ4n) is 5.98. The molecule has 0 bridgehead atoms. The molecule has 2 unspecified atom stereocenters. The van der Waals surface area contributed by atoms with Crippen LogP contribution in [-0.2, 0) is 43.0 Å². The van der Waals surface area contributed by atoms with Gasteiger partial charge in [-0.2, -0.15) is 36.8 Å². The minimum atomic E-state index is -5.14. The van der Waals surface area contributed by atoms with Gasteiger partial charge in [0.25, 0.3) is 5.92 Å². The number of rotatable bonds is 7. The molecule has 0 spiro atoms. The number of aromatic nitrogens is 5. The molecule has 2 atom stereocenters. The van der Waals surface area contributed by atoms with Crippen LogP contribution in [0.15, 0.2) is 42.5 Å². The number of amides is 1. The van der Waals surface area contributed by atoms with Crippen LogP contribution in [0.2, 0.25) is 10.2 Å². The number of aryl methyl sites for hydroxylation is 1. The second-order valence-corrected chi connectivity index (χ2v) is 13.1. The summed E-state index contributed by atoms with van der Waals surface area (Å²) in [6.45, 7) is 4.00. The van der Waals surface area contributed by atoms with E-state index >= 15 is 0 Å². The predicted octanol–water partition coefficient (Wildman–Crippen LogP) is 8.75. The Balaban J connectivity index is 0.00000248.